The van der Waals surface area contributed by atoms with E-state index in [4.69, 9.17) is 35.3 Å². The van der Waals surface area contributed by atoms with Crippen LogP contribution in [-0.4, -0.2) is 56.0 Å². The molecule has 1 heterocycles. The van der Waals surface area contributed by atoms with Crippen LogP contribution < -0.4 is 35.0 Å². The predicted molar refractivity (Wildman–Crippen MR) is 178 cm³/mol. The number of allylic oxidation sites excluding steroid dienone is 1. The van der Waals surface area contributed by atoms with Gasteiger partial charge in [-0.05, 0) is 73.9 Å². The van der Waals surface area contributed by atoms with E-state index in [-0.39, 0.29) is 46.7 Å². The van der Waals surface area contributed by atoms with Gasteiger partial charge >= 0.3 is 12.0 Å². The summed E-state index contributed by atoms with van der Waals surface area (Å²) in [7, 11) is 1.42. The Morgan fingerprint density at radius 2 is 1.78 bits per heavy atom. The fourth-order valence-corrected chi connectivity index (χ4v) is 4.97. The van der Waals surface area contributed by atoms with Crippen LogP contribution in [0.2, 0.25) is 5.02 Å². The van der Waals surface area contributed by atoms with Crippen LogP contribution in [-0.2, 0) is 20.9 Å². The van der Waals surface area contributed by atoms with E-state index >= 15 is 0 Å². The van der Waals surface area contributed by atoms with Gasteiger partial charge in [-0.25, -0.2) is 15.0 Å². The summed E-state index contributed by atoms with van der Waals surface area (Å²) in [5, 5.41) is 20.4. The van der Waals surface area contributed by atoms with Crippen LogP contribution >= 0.6 is 11.6 Å². The summed E-state index contributed by atoms with van der Waals surface area (Å²) in [5.74, 6) is -0.0301. The Hall–Kier alpha value is -5.83. The monoisotopic (exact) mass is 695 g/mol. The average molecular weight is 696 g/mol. The van der Waals surface area contributed by atoms with Gasteiger partial charge in [0.05, 0.1) is 48.1 Å². The molecule has 1 atom stereocenters. The van der Waals surface area contributed by atoms with Crippen molar-refractivity contribution in [2.24, 2.45) is 5.10 Å². The van der Waals surface area contributed by atoms with E-state index in [2.05, 4.69) is 21.2 Å². The minimum atomic E-state index is -0.805. The molecule has 1 aliphatic heterocycles. The Kier molecular flexibility index (Phi) is 12.4. The molecule has 258 valence electrons. The Morgan fingerprint density at radius 1 is 1.02 bits per heavy atom. The van der Waals surface area contributed by atoms with Gasteiger partial charge in [0.15, 0.2) is 29.6 Å². The average Bonchev–Trinajstić information content (AvgIpc) is 3.07. The van der Waals surface area contributed by atoms with E-state index in [0.29, 0.717) is 34.7 Å². The second kappa shape index (κ2) is 16.8. The minimum absolute atomic E-state index is 0.0298. The number of hydrogen-bond acceptors (Lipinski definition) is 11. The molecule has 0 aromatic heterocycles. The van der Waals surface area contributed by atoms with Gasteiger partial charge in [0.1, 0.15) is 6.61 Å². The topological polar surface area (TPSA) is 189 Å². The van der Waals surface area contributed by atoms with Gasteiger partial charge in [0, 0.05) is 17.8 Å². The van der Waals surface area contributed by atoms with Crippen LogP contribution in [0.4, 0.5) is 10.5 Å². The minimum Gasteiger partial charge on any atom is -0.493 e. The number of nitro benzene ring substituents is 1. The molecule has 3 aromatic carbocycles. The Balaban J connectivity index is 1.38. The lowest BCUT2D eigenvalue weighted by molar-refractivity contribution is -0.384. The highest BCUT2D eigenvalue weighted by molar-refractivity contribution is 6.32. The number of urea groups is 1. The third-order valence-corrected chi connectivity index (χ3v) is 7.19. The Labute approximate surface area is 286 Å². The quantitative estimate of drug-likeness (QED) is 0.0849. The smallest absolute Gasteiger partial charge is 0.338 e. The van der Waals surface area contributed by atoms with E-state index in [0.717, 1.165) is 0 Å². The number of nitrogens with zero attached hydrogens (tertiary/aromatic N) is 2. The van der Waals surface area contributed by atoms with E-state index in [1.807, 2.05) is 0 Å². The maximum absolute atomic E-state index is 12.6. The maximum Gasteiger partial charge on any atom is 0.338 e. The molecule has 1 aliphatic rings. The number of ether oxygens (including phenoxy) is 5. The first-order chi connectivity index (χ1) is 23.5. The number of nitro groups is 1. The fourth-order valence-electron chi connectivity index (χ4n) is 4.70. The number of halogens is 1. The number of carbonyl (C=O) groups excluding carboxylic acids is 3. The van der Waals surface area contributed by atoms with Crippen molar-refractivity contribution in [2.45, 2.75) is 33.4 Å². The second-order valence-electron chi connectivity index (χ2n) is 10.3. The van der Waals surface area contributed by atoms with E-state index in [1.165, 1.54) is 25.5 Å². The maximum atomic E-state index is 12.6. The van der Waals surface area contributed by atoms with Gasteiger partial charge in [-0.15, -0.1) is 0 Å². The number of carbonyl (C=O) groups is 3. The second-order valence-corrected chi connectivity index (χ2v) is 10.7. The van der Waals surface area contributed by atoms with Gasteiger partial charge in [0.25, 0.3) is 11.6 Å². The molecule has 3 N–H and O–H groups in total. The highest BCUT2D eigenvalue weighted by Crippen LogP contribution is 2.37. The van der Waals surface area contributed by atoms with Crippen molar-refractivity contribution < 1.29 is 43.0 Å². The van der Waals surface area contributed by atoms with Crippen molar-refractivity contribution in [3.63, 3.8) is 0 Å². The number of rotatable bonds is 15. The molecular formula is C33H34ClN5O10. The number of amides is 3. The molecule has 0 spiro atoms. The van der Waals surface area contributed by atoms with Gasteiger partial charge < -0.3 is 34.3 Å². The number of non-ortho nitro benzene ring substituents is 1. The molecular weight excluding hydrogens is 662 g/mol. The van der Waals surface area contributed by atoms with Gasteiger partial charge in [-0.3, -0.25) is 14.9 Å². The van der Waals surface area contributed by atoms with Crippen LogP contribution in [0.25, 0.3) is 0 Å². The molecule has 0 bridgehead atoms. The molecule has 4 rings (SSSR count). The zero-order valence-corrected chi connectivity index (χ0v) is 27.8. The lowest BCUT2D eigenvalue weighted by atomic mass is 9.95. The summed E-state index contributed by atoms with van der Waals surface area (Å²) in [4.78, 5) is 47.8. The lowest BCUT2D eigenvalue weighted by Gasteiger charge is -2.28. The SMILES string of the molecule is CCOC(=O)C1=C(C)NC(=O)N[C@@H]1c1ccc(OCC(=O)N/N=C\c2cc(Cl)c(OCc3ccc([N+](=O)[O-])cc3)c(OCC)c2)c(OC)c1. The van der Waals surface area contributed by atoms with Crippen molar-refractivity contribution in [1.82, 2.24) is 16.1 Å². The van der Waals surface area contributed by atoms with E-state index < -0.39 is 35.5 Å². The molecule has 0 radical (unpaired) electrons. The summed E-state index contributed by atoms with van der Waals surface area (Å²) in [5.41, 5.74) is 4.69. The molecule has 15 nitrogen and oxygen atoms in total. The van der Waals surface area contributed by atoms with Crippen molar-refractivity contribution in [3.05, 3.63) is 97.7 Å². The van der Waals surface area contributed by atoms with Gasteiger partial charge in [0.2, 0.25) is 0 Å². The Bertz CT molecular complexity index is 1780. The van der Waals surface area contributed by atoms with E-state index in [1.54, 1.807) is 63.2 Å². The zero-order chi connectivity index (χ0) is 35.5. The van der Waals surface area contributed by atoms with Crippen molar-refractivity contribution >= 4 is 41.4 Å². The molecule has 0 fully saturated rings. The summed E-state index contributed by atoms with van der Waals surface area (Å²) < 4.78 is 27.8. The largest absolute Gasteiger partial charge is 0.493 e. The molecule has 16 heteroatoms. The number of methoxy groups -OCH3 is 1. The molecule has 0 saturated carbocycles. The molecule has 0 unspecified atom stereocenters. The molecule has 0 aliphatic carbocycles. The first-order valence-corrected chi connectivity index (χ1v) is 15.3. The summed E-state index contributed by atoms with van der Waals surface area (Å²) in [6.07, 6.45) is 1.37. The zero-order valence-electron chi connectivity index (χ0n) is 27.0. The van der Waals surface area contributed by atoms with Crippen molar-refractivity contribution in [1.29, 1.82) is 0 Å². The fraction of sp³-hybridized carbons (Fsp3) is 0.273. The molecule has 3 aromatic rings. The van der Waals surface area contributed by atoms with Crippen molar-refractivity contribution in [2.75, 3.05) is 26.9 Å². The van der Waals surface area contributed by atoms with Crippen molar-refractivity contribution in [3.8, 4) is 23.0 Å². The first kappa shape index (κ1) is 36.0. The number of benzene rings is 3. The third-order valence-electron chi connectivity index (χ3n) is 6.91. The van der Waals surface area contributed by atoms with Crippen LogP contribution in [0.1, 0.15) is 43.5 Å². The van der Waals surface area contributed by atoms with Crippen LogP contribution in [0.15, 0.2) is 71.0 Å². The highest BCUT2D eigenvalue weighted by atomic mass is 35.5. The Morgan fingerprint density at radius 3 is 2.45 bits per heavy atom. The standard InChI is InChI=1S/C33H34ClN5O10/c1-5-46-27-14-21(13-24(34)31(27)49-17-20-7-10-23(11-8-20)39(43)44)16-35-38-28(40)18-48-25-12-9-22(15-26(25)45-4)30-29(32(41)47-6-2)19(3)36-33(42)37-30/h7-16,30H,5-6,17-18H2,1-4H3,(H,38,40)(H2,36,37,42)/b35-16-/t30-/m1/s1. The number of esters is 1. The third kappa shape index (κ3) is 9.38. The summed E-state index contributed by atoms with van der Waals surface area (Å²) in [6, 6.07) is 12.6. The molecule has 3 amide bonds. The first-order valence-electron chi connectivity index (χ1n) is 14.9. The van der Waals surface area contributed by atoms with Gasteiger partial charge in [-0.1, -0.05) is 17.7 Å². The number of hydrazone groups is 1. The highest BCUT2D eigenvalue weighted by Gasteiger charge is 2.32. The van der Waals surface area contributed by atoms with E-state index in [9.17, 15) is 24.5 Å². The van der Waals surface area contributed by atoms with Crippen LogP contribution in [0, 0.1) is 10.1 Å². The number of nitrogens with one attached hydrogen (secondary N) is 3. The molecule has 49 heavy (non-hydrogen) atoms. The van der Waals surface area contributed by atoms with Crippen LogP contribution in [0.3, 0.4) is 0 Å². The molecule has 0 saturated heterocycles. The summed E-state index contributed by atoms with van der Waals surface area (Å²) >= 11 is 6.48. The predicted octanol–water partition coefficient (Wildman–Crippen LogP) is 4.95. The number of hydrogen-bond donors (Lipinski definition) is 3. The van der Waals surface area contributed by atoms with Gasteiger partial charge in [-0.2, -0.15) is 5.10 Å². The van der Waals surface area contributed by atoms with Crippen LogP contribution in [0.5, 0.6) is 23.0 Å². The summed E-state index contributed by atoms with van der Waals surface area (Å²) in [6.45, 7) is 5.25. The normalized spacial score (nSPS) is 14.1. The lowest BCUT2D eigenvalue weighted by Crippen LogP contribution is -2.45.